The number of thiophene rings is 1. The molecule has 12 rings (SSSR count). The molecule has 0 bridgehead atoms. The van der Waals surface area contributed by atoms with Crippen LogP contribution in [-0.2, 0) is 5.41 Å². The van der Waals surface area contributed by atoms with Crippen LogP contribution in [0.3, 0.4) is 0 Å². The Morgan fingerprint density at radius 3 is 1.86 bits per heavy atom. The van der Waals surface area contributed by atoms with Gasteiger partial charge in [-0.2, -0.15) is 0 Å². The van der Waals surface area contributed by atoms with Crippen molar-refractivity contribution in [2.45, 2.75) is 19.3 Å². The molecule has 0 saturated carbocycles. The molecule has 278 valence electrons. The van der Waals surface area contributed by atoms with E-state index in [1.807, 2.05) is 11.3 Å². The summed E-state index contributed by atoms with van der Waals surface area (Å²) in [5, 5.41) is 10.1. The van der Waals surface area contributed by atoms with Crippen LogP contribution < -0.4 is 4.90 Å². The van der Waals surface area contributed by atoms with E-state index in [1.165, 1.54) is 97.0 Å². The van der Waals surface area contributed by atoms with Gasteiger partial charge in [0.2, 0.25) is 0 Å². The number of nitrogens with zero attached hydrogens (tertiary/aromatic N) is 1. The summed E-state index contributed by atoms with van der Waals surface area (Å²) in [6.07, 6.45) is 0. The van der Waals surface area contributed by atoms with Crippen molar-refractivity contribution in [3.8, 4) is 33.4 Å². The molecule has 0 radical (unpaired) electrons. The fourth-order valence-corrected chi connectivity index (χ4v) is 11.2. The van der Waals surface area contributed by atoms with E-state index < -0.39 is 0 Å². The van der Waals surface area contributed by atoms with Crippen LogP contribution in [0.2, 0.25) is 0 Å². The van der Waals surface area contributed by atoms with Crippen molar-refractivity contribution in [2.24, 2.45) is 0 Å². The molecule has 0 N–H and O–H groups in total. The Balaban J connectivity index is 1.17. The highest BCUT2D eigenvalue weighted by molar-refractivity contribution is 7.26. The molecule has 10 aromatic carbocycles. The number of benzene rings is 10. The molecule has 0 spiro atoms. The Hall–Kier alpha value is -7.00. The second-order valence-electron chi connectivity index (χ2n) is 16.4. The lowest BCUT2D eigenvalue weighted by Crippen LogP contribution is -2.17. The third-order valence-corrected chi connectivity index (χ3v) is 14.0. The van der Waals surface area contributed by atoms with Crippen LogP contribution in [0, 0.1) is 0 Å². The van der Waals surface area contributed by atoms with Crippen molar-refractivity contribution in [3.05, 3.63) is 211 Å². The summed E-state index contributed by atoms with van der Waals surface area (Å²) in [7, 11) is 0. The molecule has 0 unspecified atom stereocenters. The van der Waals surface area contributed by atoms with Crippen LogP contribution in [0.25, 0.3) is 85.9 Å². The van der Waals surface area contributed by atoms with Crippen LogP contribution in [0.1, 0.15) is 25.0 Å². The van der Waals surface area contributed by atoms with Gasteiger partial charge in [0.1, 0.15) is 0 Å². The molecule has 0 saturated heterocycles. The summed E-state index contributed by atoms with van der Waals surface area (Å²) in [6, 6.07) is 74.6. The maximum Gasteiger partial charge on any atom is 0.0547 e. The van der Waals surface area contributed by atoms with Crippen LogP contribution in [-0.4, -0.2) is 0 Å². The van der Waals surface area contributed by atoms with Gasteiger partial charge in [-0.05, 0) is 120 Å². The molecule has 1 aliphatic rings. The molecule has 59 heavy (non-hydrogen) atoms. The van der Waals surface area contributed by atoms with Crippen molar-refractivity contribution < 1.29 is 0 Å². The van der Waals surface area contributed by atoms with Crippen molar-refractivity contribution in [1.82, 2.24) is 0 Å². The van der Waals surface area contributed by atoms with Crippen LogP contribution in [0.15, 0.2) is 200 Å². The summed E-state index contributed by atoms with van der Waals surface area (Å²) < 4.78 is 2.59. The van der Waals surface area contributed by atoms with E-state index in [0.717, 1.165) is 17.1 Å². The number of rotatable bonds is 5. The van der Waals surface area contributed by atoms with E-state index in [9.17, 15) is 0 Å². The minimum Gasteiger partial charge on any atom is -0.310 e. The average molecular weight is 770 g/mol. The summed E-state index contributed by atoms with van der Waals surface area (Å²) in [6.45, 7) is 4.75. The molecule has 1 aliphatic carbocycles. The largest absolute Gasteiger partial charge is 0.310 e. The third-order valence-electron chi connectivity index (χ3n) is 12.9. The van der Waals surface area contributed by atoms with Gasteiger partial charge in [-0.15, -0.1) is 11.3 Å². The normalized spacial score (nSPS) is 13.1. The smallest absolute Gasteiger partial charge is 0.0547 e. The van der Waals surface area contributed by atoms with Crippen molar-refractivity contribution >= 4 is 80.9 Å². The zero-order chi connectivity index (χ0) is 39.2. The Morgan fingerprint density at radius 1 is 0.390 bits per heavy atom. The maximum atomic E-state index is 2.53. The summed E-state index contributed by atoms with van der Waals surface area (Å²) in [5.41, 5.74) is 13.6. The van der Waals surface area contributed by atoms with Crippen LogP contribution >= 0.6 is 11.3 Å². The van der Waals surface area contributed by atoms with E-state index in [-0.39, 0.29) is 5.41 Å². The van der Waals surface area contributed by atoms with E-state index in [2.05, 4.69) is 219 Å². The van der Waals surface area contributed by atoms with Crippen molar-refractivity contribution in [2.75, 3.05) is 4.90 Å². The van der Waals surface area contributed by atoms with Gasteiger partial charge in [0, 0.05) is 42.5 Å². The lowest BCUT2D eigenvalue weighted by atomic mass is 9.82. The Bertz CT molecular complexity index is 3470. The maximum absolute atomic E-state index is 2.53. The predicted octanol–water partition coefficient (Wildman–Crippen LogP) is 16.6. The van der Waals surface area contributed by atoms with Gasteiger partial charge >= 0.3 is 0 Å². The molecule has 0 amide bonds. The predicted molar refractivity (Wildman–Crippen MR) is 255 cm³/mol. The van der Waals surface area contributed by atoms with Crippen LogP contribution in [0.5, 0.6) is 0 Å². The topological polar surface area (TPSA) is 3.24 Å². The monoisotopic (exact) mass is 769 g/mol. The summed E-state index contributed by atoms with van der Waals surface area (Å²) in [4.78, 5) is 2.53. The van der Waals surface area contributed by atoms with E-state index in [4.69, 9.17) is 0 Å². The first kappa shape index (κ1) is 34.1. The molecular weight excluding hydrogens is 731 g/mol. The van der Waals surface area contributed by atoms with E-state index in [0.29, 0.717) is 0 Å². The minimum absolute atomic E-state index is 0.142. The summed E-state index contributed by atoms with van der Waals surface area (Å²) >= 11 is 1.88. The average Bonchev–Trinajstić information content (AvgIpc) is 3.78. The number of hydrogen-bond donors (Lipinski definition) is 0. The quantitative estimate of drug-likeness (QED) is 0.158. The third kappa shape index (κ3) is 5.16. The molecule has 0 atom stereocenters. The number of anilines is 3. The first-order valence-electron chi connectivity index (χ1n) is 20.5. The fourth-order valence-electron chi connectivity index (χ4n) is 10.1. The van der Waals surface area contributed by atoms with E-state index in [1.54, 1.807) is 0 Å². The zero-order valence-electron chi connectivity index (χ0n) is 32.9. The van der Waals surface area contributed by atoms with Crippen molar-refractivity contribution in [3.63, 3.8) is 0 Å². The number of fused-ring (bicyclic) bond motifs is 10. The Morgan fingerprint density at radius 2 is 1.02 bits per heavy atom. The molecule has 0 fully saturated rings. The van der Waals surface area contributed by atoms with Gasteiger partial charge in [0.25, 0.3) is 0 Å². The van der Waals surface area contributed by atoms with E-state index >= 15 is 0 Å². The second kappa shape index (κ2) is 13.0. The van der Waals surface area contributed by atoms with Gasteiger partial charge in [-0.1, -0.05) is 166 Å². The Labute approximate surface area is 348 Å². The molecule has 2 heteroatoms. The SMILES string of the molecule is CC1(C)c2ccccc2-c2ccc(N(c3ccc(-c4cccc5ccccc45)cc3)c3ccc4sc5ccccc5c4c3-c3cc4ccccc4c4ccccc34)cc21. The molecular formula is C57H39NS. The fraction of sp³-hybridized carbons (Fsp3) is 0.0526. The molecule has 1 heterocycles. The number of hydrogen-bond acceptors (Lipinski definition) is 2. The van der Waals surface area contributed by atoms with Gasteiger partial charge in [-0.25, -0.2) is 0 Å². The van der Waals surface area contributed by atoms with Gasteiger partial charge in [-0.3, -0.25) is 0 Å². The van der Waals surface area contributed by atoms with Gasteiger partial charge < -0.3 is 4.90 Å². The second-order valence-corrected chi connectivity index (χ2v) is 17.5. The summed E-state index contributed by atoms with van der Waals surface area (Å²) in [5.74, 6) is 0. The highest BCUT2D eigenvalue weighted by Gasteiger charge is 2.36. The molecule has 0 aliphatic heterocycles. The lowest BCUT2D eigenvalue weighted by Gasteiger charge is -2.30. The first-order valence-corrected chi connectivity index (χ1v) is 21.3. The Kier molecular flexibility index (Phi) is 7.51. The zero-order valence-corrected chi connectivity index (χ0v) is 33.7. The first-order chi connectivity index (χ1) is 29.0. The molecule has 1 nitrogen and oxygen atoms in total. The minimum atomic E-state index is -0.142. The highest BCUT2D eigenvalue weighted by Crippen LogP contribution is 2.54. The van der Waals surface area contributed by atoms with Gasteiger partial charge in [0.15, 0.2) is 0 Å². The van der Waals surface area contributed by atoms with Crippen molar-refractivity contribution in [1.29, 1.82) is 0 Å². The lowest BCUT2D eigenvalue weighted by molar-refractivity contribution is 0.660. The van der Waals surface area contributed by atoms with Crippen LogP contribution in [0.4, 0.5) is 17.1 Å². The standard InChI is InChI=1S/C57H39NS/c1-57(2)50-24-11-9-21-46(50)47-31-30-40(35-51(47)57)58(39-28-26-37(27-29-39)42-23-13-16-36-14-3-5-17-41(36)42)52-32-33-54-56(48-22-10-12-25-53(48)59-54)55(52)49-34-38-15-4-6-18-43(38)44-19-7-8-20-45(44)49/h3-35H,1-2H3. The van der Waals surface area contributed by atoms with Gasteiger partial charge in [0.05, 0.1) is 5.69 Å². The highest BCUT2D eigenvalue weighted by atomic mass is 32.1. The molecule has 1 aromatic heterocycles. The molecule has 11 aromatic rings.